The van der Waals surface area contributed by atoms with Crippen molar-refractivity contribution in [2.75, 3.05) is 0 Å². The molecule has 1 aromatic rings. The average Bonchev–Trinajstić information content (AvgIpc) is 2.07. The van der Waals surface area contributed by atoms with Crippen molar-refractivity contribution in [3.8, 4) is 6.07 Å². The zero-order chi connectivity index (χ0) is 9.14. The van der Waals surface area contributed by atoms with Crippen molar-refractivity contribution in [2.24, 2.45) is 0 Å². The predicted octanol–water partition coefficient (Wildman–Crippen LogP) is 2.96. The Balaban J connectivity index is 3.19. The normalized spacial score (nSPS) is 9.50. The Morgan fingerprint density at radius 1 is 1.58 bits per heavy atom. The minimum atomic E-state index is -0.286. The van der Waals surface area contributed by atoms with E-state index in [9.17, 15) is 4.39 Å². The molecule has 62 valence electrons. The first-order valence-corrected chi connectivity index (χ1v) is 4.26. The number of benzene rings is 1. The van der Waals surface area contributed by atoms with Gasteiger partial charge in [0.15, 0.2) is 0 Å². The number of nitriles is 1. The third-order valence-electron chi connectivity index (χ3n) is 1.67. The fourth-order valence-electron chi connectivity index (χ4n) is 0.939. The molecule has 3 heteroatoms. The summed E-state index contributed by atoms with van der Waals surface area (Å²) in [5.41, 5.74) is 1.01. The van der Waals surface area contributed by atoms with E-state index in [2.05, 4.69) is 15.9 Å². The maximum Gasteiger partial charge on any atom is 0.131 e. The van der Waals surface area contributed by atoms with E-state index in [4.69, 9.17) is 5.26 Å². The zero-order valence-electron chi connectivity index (χ0n) is 6.56. The molecular weight excluding hydrogens is 221 g/mol. The van der Waals surface area contributed by atoms with E-state index < -0.39 is 0 Å². The number of halogens is 2. The molecule has 1 rings (SSSR count). The Morgan fingerprint density at radius 2 is 2.25 bits per heavy atom. The van der Waals surface area contributed by atoms with Crippen molar-refractivity contribution in [2.45, 2.75) is 13.3 Å². The van der Waals surface area contributed by atoms with Gasteiger partial charge in [0, 0.05) is 10.0 Å². The van der Waals surface area contributed by atoms with Crippen molar-refractivity contribution < 1.29 is 4.39 Å². The third-order valence-corrected chi connectivity index (χ3v) is 2.53. The van der Waals surface area contributed by atoms with Crippen molar-refractivity contribution in [1.82, 2.24) is 0 Å². The summed E-state index contributed by atoms with van der Waals surface area (Å²) in [4.78, 5) is 0. The molecule has 0 saturated carbocycles. The molecule has 1 nitrogen and oxygen atoms in total. The smallest absolute Gasteiger partial charge is 0.131 e. The Bertz CT molecular complexity index is 341. The highest BCUT2D eigenvalue weighted by Gasteiger charge is 2.06. The van der Waals surface area contributed by atoms with Gasteiger partial charge in [0.2, 0.25) is 0 Å². The van der Waals surface area contributed by atoms with Crippen LogP contribution >= 0.6 is 15.9 Å². The topological polar surface area (TPSA) is 23.8 Å². The average molecular weight is 228 g/mol. The van der Waals surface area contributed by atoms with E-state index in [0.717, 1.165) is 4.47 Å². The van der Waals surface area contributed by atoms with Crippen LogP contribution in [0.15, 0.2) is 16.6 Å². The third kappa shape index (κ3) is 1.64. The molecule has 0 N–H and O–H groups in total. The molecule has 0 bridgehead atoms. The van der Waals surface area contributed by atoms with E-state index in [-0.39, 0.29) is 12.2 Å². The van der Waals surface area contributed by atoms with Gasteiger partial charge in [-0.15, -0.1) is 0 Å². The second kappa shape index (κ2) is 3.68. The lowest BCUT2D eigenvalue weighted by atomic mass is 10.1. The molecule has 12 heavy (non-hydrogen) atoms. The lowest BCUT2D eigenvalue weighted by molar-refractivity contribution is 0.605. The van der Waals surface area contributed by atoms with Crippen LogP contribution in [-0.4, -0.2) is 0 Å². The van der Waals surface area contributed by atoms with Crippen LogP contribution < -0.4 is 0 Å². The molecule has 0 aliphatic carbocycles. The van der Waals surface area contributed by atoms with Crippen LogP contribution in [0.2, 0.25) is 0 Å². The Morgan fingerprint density at radius 3 is 2.83 bits per heavy atom. The van der Waals surface area contributed by atoms with Crippen molar-refractivity contribution in [3.63, 3.8) is 0 Å². The second-order valence-electron chi connectivity index (χ2n) is 2.48. The molecule has 0 aromatic heterocycles. The molecular formula is C9H7BrFN. The molecule has 1 aromatic carbocycles. The molecule has 0 fully saturated rings. The maximum absolute atomic E-state index is 13.3. The van der Waals surface area contributed by atoms with Gasteiger partial charge < -0.3 is 0 Å². The van der Waals surface area contributed by atoms with Gasteiger partial charge in [-0.05, 0) is 18.6 Å². The summed E-state index contributed by atoms with van der Waals surface area (Å²) in [6, 6.07) is 5.29. The highest BCUT2D eigenvalue weighted by Crippen LogP contribution is 2.21. The molecule has 0 unspecified atom stereocenters. The molecule has 0 atom stereocenters. The number of hydrogen-bond donors (Lipinski definition) is 0. The zero-order valence-corrected chi connectivity index (χ0v) is 8.15. The summed E-state index contributed by atoms with van der Waals surface area (Å²) in [5, 5.41) is 8.38. The lowest BCUT2D eigenvalue weighted by Crippen LogP contribution is -1.92. The van der Waals surface area contributed by atoms with Gasteiger partial charge in [-0.25, -0.2) is 4.39 Å². The summed E-state index contributed by atoms with van der Waals surface area (Å²) < 4.78 is 14.0. The summed E-state index contributed by atoms with van der Waals surface area (Å²) in [5.74, 6) is -0.286. The molecule has 0 spiro atoms. The van der Waals surface area contributed by atoms with Gasteiger partial charge in [-0.1, -0.05) is 22.0 Å². The van der Waals surface area contributed by atoms with E-state index in [1.807, 2.05) is 6.07 Å². The van der Waals surface area contributed by atoms with Crippen molar-refractivity contribution >= 4 is 15.9 Å². The number of hydrogen-bond acceptors (Lipinski definition) is 1. The minimum Gasteiger partial charge on any atom is -0.206 e. The Labute approximate surface area is 79.0 Å². The first-order valence-electron chi connectivity index (χ1n) is 3.47. The maximum atomic E-state index is 13.3. The summed E-state index contributed by atoms with van der Waals surface area (Å²) in [6.07, 6.45) is 0.125. The fourth-order valence-corrected chi connectivity index (χ4v) is 1.25. The van der Waals surface area contributed by atoms with E-state index >= 15 is 0 Å². The SMILES string of the molecule is Cc1c(Br)ccc(CC#N)c1F. The molecule has 0 radical (unpaired) electrons. The number of rotatable bonds is 1. The highest BCUT2D eigenvalue weighted by molar-refractivity contribution is 9.10. The molecule has 0 heterocycles. The van der Waals surface area contributed by atoms with Crippen LogP contribution in [0.3, 0.4) is 0 Å². The highest BCUT2D eigenvalue weighted by atomic mass is 79.9. The quantitative estimate of drug-likeness (QED) is 0.724. The van der Waals surface area contributed by atoms with Crippen LogP contribution in [0, 0.1) is 24.1 Å². The van der Waals surface area contributed by atoms with Crippen LogP contribution in [0.5, 0.6) is 0 Å². The van der Waals surface area contributed by atoms with Crippen molar-refractivity contribution in [1.29, 1.82) is 5.26 Å². The Hall–Kier alpha value is -0.880. The Kier molecular flexibility index (Phi) is 2.83. The minimum absolute atomic E-state index is 0.125. The van der Waals surface area contributed by atoms with Gasteiger partial charge in [-0.2, -0.15) is 5.26 Å². The number of nitrogens with zero attached hydrogens (tertiary/aromatic N) is 1. The molecule has 0 saturated heterocycles. The first-order chi connectivity index (χ1) is 5.66. The van der Waals surface area contributed by atoms with Gasteiger partial charge in [0.1, 0.15) is 5.82 Å². The fraction of sp³-hybridized carbons (Fsp3) is 0.222. The monoisotopic (exact) mass is 227 g/mol. The summed E-state index contributed by atoms with van der Waals surface area (Å²) in [6.45, 7) is 1.68. The second-order valence-corrected chi connectivity index (χ2v) is 3.33. The first kappa shape index (κ1) is 9.21. The van der Waals surface area contributed by atoms with Crippen molar-refractivity contribution in [3.05, 3.63) is 33.5 Å². The van der Waals surface area contributed by atoms with Gasteiger partial charge in [0.25, 0.3) is 0 Å². The van der Waals surface area contributed by atoms with Gasteiger partial charge in [0.05, 0.1) is 12.5 Å². The van der Waals surface area contributed by atoms with Crippen LogP contribution in [0.4, 0.5) is 4.39 Å². The van der Waals surface area contributed by atoms with Gasteiger partial charge >= 0.3 is 0 Å². The molecule has 0 amide bonds. The van der Waals surface area contributed by atoms with Crippen LogP contribution in [0.25, 0.3) is 0 Å². The standard InChI is InChI=1S/C9H7BrFN/c1-6-8(10)3-2-7(4-5-12)9(6)11/h2-3H,4H2,1H3. The van der Waals surface area contributed by atoms with E-state index in [0.29, 0.717) is 11.1 Å². The predicted molar refractivity (Wildman–Crippen MR) is 48.2 cm³/mol. The largest absolute Gasteiger partial charge is 0.206 e. The van der Waals surface area contributed by atoms with Gasteiger partial charge in [-0.3, -0.25) is 0 Å². The van der Waals surface area contributed by atoms with E-state index in [1.54, 1.807) is 19.1 Å². The van der Waals surface area contributed by atoms with Crippen LogP contribution in [0.1, 0.15) is 11.1 Å². The van der Waals surface area contributed by atoms with Crippen LogP contribution in [-0.2, 0) is 6.42 Å². The van der Waals surface area contributed by atoms with E-state index in [1.165, 1.54) is 0 Å². The molecule has 0 aliphatic heterocycles. The molecule has 0 aliphatic rings. The summed E-state index contributed by atoms with van der Waals surface area (Å²) in [7, 11) is 0. The lowest BCUT2D eigenvalue weighted by Gasteiger charge is -2.03. The summed E-state index contributed by atoms with van der Waals surface area (Å²) >= 11 is 3.21.